The van der Waals surface area contributed by atoms with Gasteiger partial charge in [0.15, 0.2) is 11.5 Å². The lowest BCUT2D eigenvalue weighted by atomic mass is 10.1. The molecule has 0 fully saturated rings. The summed E-state index contributed by atoms with van der Waals surface area (Å²) in [5.74, 6) is 1.10. The van der Waals surface area contributed by atoms with Crippen molar-refractivity contribution in [2.45, 2.75) is 6.42 Å². The fraction of sp³-hybridized carbons (Fsp3) is 0.417. The molecule has 1 N–H and O–H groups in total. The summed E-state index contributed by atoms with van der Waals surface area (Å²) in [6.07, 6.45) is 0.853. The van der Waals surface area contributed by atoms with Gasteiger partial charge in [0.1, 0.15) is 6.07 Å². The molecule has 0 radical (unpaired) electrons. The monoisotopic (exact) mass is 220 g/mol. The largest absolute Gasteiger partial charge is 0.493 e. The summed E-state index contributed by atoms with van der Waals surface area (Å²) >= 11 is 0. The van der Waals surface area contributed by atoms with Gasteiger partial charge in [-0.1, -0.05) is 0 Å². The van der Waals surface area contributed by atoms with E-state index in [1.165, 1.54) is 7.11 Å². The standard InChI is InChI=1S/C12H16N2O2/c1-14-5-4-9-6-10(8-13)12(16-3)11(7-9)15-2/h6-7,14H,4-5H2,1-3H3. The predicted octanol–water partition coefficient (Wildman–Crippen LogP) is 1.34. The molecule has 1 aromatic carbocycles. The number of hydrogen-bond acceptors (Lipinski definition) is 4. The number of rotatable bonds is 5. The maximum Gasteiger partial charge on any atom is 0.178 e. The zero-order valence-corrected chi connectivity index (χ0v) is 9.83. The highest BCUT2D eigenvalue weighted by Crippen LogP contribution is 2.32. The average Bonchev–Trinajstić information content (AvgIpc) is 2.34. The smallest absolute Gasteiger partial charge is 0.178 e. The molecule has 16 heavy (non-hydrogen) atoms. The van der Waals surface area contributed by atoms with Gasteiger partial charge in [0, 0.05) is 0 Å². The van der Waals surface area contributed by atoms with E-state index in [0.29, 0.717) is 17.1 Å². The maximum atomic E-state index is 9.02. The summed E-state index contributed by atoms with van der Waals surface area (Å²) in [5, 5.41) is 12.1. The Morgan fingerprint density at radius 1 is 1.31 bits per heavy atom. The van der Waals surface area contributed by atoms with Gasteiger partial charge >= 0.3 is 0 Å². The molecule has 4 nitrogen and oxygen atoms in total. The first-order valence-electron chi connectivity index (χ1n) is 5.06. The van der Waals surface area contributed by atoms with Crippen LogP contribution in [0.15, 0.2) is 12.1 Å². The molecule has 0 bridgehead atoms. The van der Waals surface area contributed by atoms with Crippen LogP contribution in [0.2, 0.25) is 0 Å². The van der Waals surface area contributed by atoms with Gasteiger partial charge in [-0.25, -0.2) is 0 Å². The molecule has 0 spiro atoms. The summed E-state index contributed by atoms with van der Waals surface area (Å²) in [6.45, 7) is 0.861. The molecule has 86 valence electrons. The topological polar surface area (TPSA) is 54.3 Å². The molecular formula is C12H16N2O2. The van der Waals surface area contributed by atoms with Crippen molar-refractivity contribution in [3.63, 3.8) is 0 Å². The molecule has 0 saturated heterocycles. The highest BCUT2D eigenvalue weighted by atomic mass is 16.5. The van der Waals surface area contributed by atoms with Crippen molar-refractivity contribution in [2.75, 3.05) is 27.8 Å². The lowest BCUT2D eigenvalue weighted by Crippen LogP contribution is -2.10. The van der Waals surface area contributed by atoms with Crippen molar-refractivity contribution in [3.8, 4) is 17.6 Å². The molecule has 0 aliphatic carbocycles. The summed E-state index contributed by atoms with van der Waals surface area (Å²) < 4.78 is 10.4. The summed E-state index contributed by atoms with van der Waals surface area (Å²) in [5.41, 5.74) is 1.57. The molecule has 0 unspecified atom stereocenters. The van der Waals surface area contributed by atoms with E-state index >= 15 is 0 Å². The molecule has 1 rings (SSSR count). The molecule has 0 aromatic heterocycles. The SMILES string of the molecule is CNCCc1cc(C#N)c(OC)c(OC)c1. The van der Waals surface area contributed by atoms with Crippen molar-refractivity contribution in [2.24, 2.45) is 0 Å². The van der Waals surface area contributed by atoms with Crippen LogP contribution >= 0.6 is 0 Å². The van der Waals surface area contributed by atoms with Crippen LogP contribution in [0.4, 0.5) is 0 Å². The van der Waals surface area contributed by atoms with Crippen molar-refractivity contribution in [1.82, 2.24) is 5.32 Å². The van der Waals surface area contributed by atoms with Crippen molar-refractivity contribution in [1.29, 1.82) is 5.26 Å². The normalized spacial score (nSPS) is 9.62. The molecule has 4 heteroatoms. The third-order valence-electron chi connectivity index (χ3n) is 2.32. The lowest BCUT2D eigenvalue weighted by molar-refractivity contribution is 0.353. The third kappa shape index (κ3) is 2.65. The van der Waals surface area contributed by atoms with E-state index in [2.05, 4.69) is 11.4 Å². The molecule has 0 amide bonds. The Hall–Kier alpha value is -1.73. The summed E-state index contributed by atoms with van der Waals surface area (Å²) in [4.78, 5) is 0. The Balaban J connectivity index is 3.11. The second kappa shape index (κ2) is 5.99. The van der Waals surface area contributed by atoms with Crippen molar-refractivity contribution in [3.05, 3.63) is 23.3 Å². The number of hydrogen-bond donors (Lipinski definition) is 1. The Kier molecular flexibility index (Phi) is 4.62. The Morgan fingerprint density at radius 3 is 2.56 bits per heavy atom. The van der Waals surface area contributed by atoms with Gasteiger partial charge in [0.2, 0.25) is 0 Å². The van der Waals surface area contributed by atoms with Crippen LogP contribution in [0.1, 0.15) is 11.1 Å². The van der Waals surface area contributed by atoms with Crippen LogP contribution in [-0.2, 0) is 6.42 Å². The Morgan fingerprint density at radius 2 is 2.06 bits per heavy atom. The van der Waals surface area contributed by atoms with E-state index in [9.17, 15) is 0 Å². The van der Waals surface area contributed by atoms with Crippen LogP contribution in [0.5, 0.6) is 11.5 Å². The molecular weight excluding hydrogens is 204 g/mol. The number of methoxy groups -OCH3 is 2. The van der Waals surface area contributed by atoms with E-state index in [0.717, 1.165) is 18.5 Å². The van der Waals surface area contributed by atoms with E-state index in [4.69, 9.17) is 14.7 Å². The summed E-state index contributed by atoms with van der Waals surface area (Å²) in [6, 6.07) is 5.84. The summed E-state index contributed by atoms with van der Waals surface area (Å²) in [7, 11) is 5.00. The second-order valence-corrected chi connectivity index (χ2v) is 3.34. The first kappa shape index (κ1) is 12.3. The predicted molar refractivity (Wildman–Crippen MR) is 61.9 cm³/mol. The van der Waals surface area contributed by atoms with Gasteiger partial charge in [0.05, 0.1) is 19.8 Å². The molecule has 0 aliphatic rings. The molecule has 0 saturated carbocycles. The van der Waals surface area contributed by atoms with Crippen molar-refractivity contribution < 1.29 is 9.47 Å². The van der Waals surface area contributed by atoms with Crippen LogP contribution in [0, 0.1) is 11.3 Å². The number of nitrogens with zero attached hydrogens (tertiary/aromatic N) is 1. The minimum atomic E-state index is 0.498. The highest BCUT2D eigenvalue weighted by Gasteiger charge is 2.11. The first-order valence-corrected chi connectivity index (χ1v) is 5.06. The highest BCUT2D eigenvalue weighted by molar-refractivity contribution is 5.54. The zero-order valence-electron chi connectivity index (χ0n) is 9.83. The van der Waals surface area contributed by atoms with Crippen LogP contribution < -0.4 is 14.8 Å². The van der Waals surface area contributed by atoms with E-state index in [1.54, 1.807) is 7.11 Å². The van der Waals surface area contributed by atoms with Gasteiger partial charge in [-0.2, -0.15) is 5.26 Å². The number of nitrogens with one attached hydrogen (secondary N) is 1. The van der Waals surface area contributed by atoms with Crippen LogP contribution in [0.25, 0.3) is 0 Å². The van der Waals surface area contributed by atoms with Gasteiger partial charge in [-0.3, -0.25) is 0 Å². The third-order valence-corrected chi connectivity index (χ3v) is 2.32. The minimum Gasteiger partial charge on any atom is -0.493 e. The number of likely N-dealkylation sites (N-methyl/N-ethyl adjacent to an activating group) is 1. The number of nitriles is 1. The quantitative estimate of drug-likeness (QED) is 0.813. The van der Waals surface area contributed by atoms with Gasteiger partial charge in [0.25, 0.3) is 0 Å². The van der Waals surface area contributed by atoms with Crippen LogP contribution in [-0.4, -0.2) is 27.8 Å². The van der Waals surface area contributed by atoms with Gasteiger partial charge in [-0.05, 0) is 37.7 Å². The second-order valence-electron chi connectivity index (χ2n) is 3.34. The van der Waals surface area contributed by atoms with Gasteiger partial charge < -0.3 is 14.8 Å². The molecule has 0 aliphatic heterocycles. The average molecular weight is 220 g/mol. The minimum absolute atomic E-state index is 0.498. The van der Waals surface area contributed by atoms with Crippen molar-refractivity contribution >= 4 is 0 Å². The lowest BCUT2D eigenvalue weighted by Gasteiger charge is -2.11. The fourth-order valence-electron chi connectivity index (χ4n) is 1.52. The van der Waals surface area contributed by atoms with E-state index in [-0.39, 0.29) is 0 Å². The zero-order chi connectivity index (χ0) is 12.0. The Bertz CT molecular complexity index is 397. The van der Waals surface area contributed by atoms with E-state index in [1.807, 2.05) is 19.2 Å². The molecule has 1 aromatic rings. The van der Waals surface area contributed by atoms with Crippen LogP contribution in [0.3, 0.4) is 0 Å². The maximum absolute atomic E-state index is 9.02. The van der Waals surface area contributed by atoms with Gasteiger partial charge in [-0.15, -0.1) is 0 Å². The number of ether oxygens (including phenoxy) is 2. The molecule has 0 heterocycles. The Labute approximate surface area is 95.8 Å². The fourth-order valence-corrected chi connectivity index (χ4v) is 1.52. The van der Waals surface area contributed by atoms with E-state index < -0.39 is 0 Å². The first-order chi connectivity index (χ1) is 7.76. The number of benzene rings is 1. The molecule has 0 atom stereocenters.